The van der Waals surface area contributed by atoms with Crippen molar-refractivity contribution >= 4 is 0 Å². The molecule has 0 radical (unpaired) electrons. The van der Waals surface area contributed by atoms with Gasteiger partial charge in [0.2, 0.25) is 0 Å². The van der Waals surface area contributed by atoms with Gasteiger partial charge in [0.15, 0.2) is 0 Å². The summed E-state index contributed by atoms with van der Waals surface area (Å²) < 4.78 is 0. The fraction of sp³-hybridized carbons (Fsp3) is 0.0323. The summed E-state index contributed by atoms with van der Waals surface area (Å²) in [7, 11) is 0. The van der Waals surface area contributed by atoms with Gasteiger partial charge in [-0.2, -0.15) is 0 Å². The highest BCUT2D eigenvalue weighted by molar-refractivity contribution is 5.85. The Bertz CT molecular complexity index is 3270. The second-order valence-electron chi connectivity index (χ2n) is 16.7. The lowest BCUT2D eigenvalue weighted by Crippen LogP contribution is -2.44. The van der Waals surface area contributed by atoms with E-state index < -0.39 is 11.2 Å². The molecule has 0 aromatic heterocycles. The lowest BCUT2D eigenvalue weighted by atomic mass is 9.63. The maximum atomic E-state index is 13.9. The van der Waals surface area contributed by atoms with Crippen LogP contribution in [-0.4, -0.2) is 10.2 Å². The molecule has 10 aromatic rings. The van der Waals surface area contributed by atoms with Crippen molar-refractivity contribution < 1.29 is 10.2 Å². The summed E-state index contributed by atoms with van der Waals surface area (Å²) in [4.78, 5) is 0. The second kappa shape index (κ2) is 16.1. The monoisotopic (exact) mass is 820 g/mol. The molecule has 2 unspecified atom stereocenters. The number of fused-ring (bicyclic) bond motifs is 2. The van der Waals surface area contributed by atoms with Crippen LogP contribution in [0, 0.1) is 0 Å². The standard InChI is InChI=1S/C62H44O2/c63-61(53-24-14-22-50(40-53)47-34-30-45(31-35-47)43-16-4-1-5-17-43)57-28-12-13-29-58(57)62(64,54-25-15-23-51(41-54)48-36-32-46(33-37-48)44-18-6-2-7-19-44)60-42-52(38-39-59(60)61)56-27-11-10-26-55(56)49-20-8-3-9-21-49/h1-42,63-64H. The summed E-state index contributed by atoms with van der Waals surface area (Å²) in [5.41, 5.74) is 13.6. The first-order chi connectivity index (χ1) is 31.5. The zero-order valence-corrected chi connectivity index (χ0v) is 35.1. The first-order valence-corrected chi connectivity index (χ1v) is 21.9. The van der Waals surface area contributed by atoms with Crippen LogP contribution in [0.4, 0.5) is 0 Å². The van der Waals surface area contributed by atoms with Crippen molar-refractivity contribution in [2.75, 3.05) is 0 Å². The van der Waals surface area contributed by atoms with Gasteiger partial charge in [-0.05, 0) is 118 Å². The lowest BCUT2D eigenvalue weighted by Gasteiger charge is -2.45. The Morgan fingerprint density at radius 3 is 0.984 bits per heavy atom. The molecule has 0 spiro atoms. The summed E-state index contributed by atoms with van der Waals surface area (Å²) in [6.45, 7) is 0. The first kappa shape index (κ1) is 39.0. The zero-order chi connectivity index (χ0) is 43.1. The molecule has 0 bridgehead atoms. The fourth-order valence-electron chi connectivity index (χ4n) is 9.78. The van der Waals surface area contributed by atoms with Crippen LogP contribution in [0.1, 0.15) is 33.4 Å². The van der Waals surface area contributed by atoms with Gasteiger partial charge in [0.1, 0.15) is 11.2 Å². The highest BCUT2D eigenvalue weighted by Gasteiger charge is 2.51. The summed E-state index contributed by atoms with van der Waals surface area (Å²) in [5.74, 6) is 0. The average molecular weight is 821 g/mol. The number of benzene rings is 10. The SMILES string of the molecule is OC1(c2cccc(-c3ccc(-c4ccccc4)cc3)c2)c2ccccc2C(O)(c2cccc(-c3ccc(-c4ccccc4)cc3)c2)c2cc(-c3ccccc3-c3ccccc3)ccc21. The minimum atomic E-state index is -1.64. The first-order valence-electron chi connectivity index (χ1n) is 21.9. The van der Waals surface area contributed by atoms with Gasteiger partial charge in [-0.3, -0.25) is 0 Å². The molecule has 1 aliphatic rings. The van der Waals surface area contributed by atoms with E-state index in [1.807, 2.05) is 72.8 Å². The van der Waals surface area contributed by atoms with Gasteiger partial charge in [-0.15, -0.1) is 0 Å². The van der Waals surface area contributed by atoms with E-state index in [2.05, 4.69) is 182 Å². The van der Waals surface area contributed by atoms with Gasteiger partial charge in [-0.1, -0.05) is 237 Å². The summed E-state index contributed by atoms with van der Waals surface area (Å²) in [5, 5.41) is 27.6. The predicted molar refractivity (Wildman–Crippen MR) is 263 cm³/mol. The highest BCUT2D eigenvalue weighted by Crippen LogP contribution is 2.54. The Morgan fingerprint density at radius 1 is 0.203 bits per heavy atom. The van der Waals surface area contributed by atoms with Gasteiger partial charge in [0.05, 0.1) is 0 Å². The third-order valence-electron chi connectivity index (χ3n) is 13.0. The molecule has 0 fully saturated rings. The van der Waals surface area contributed by atoms with Crippen molar-refractivity contribution in [1.29, 1.82) is 0 Å². The maximum Gasteiger partial charge on any atom is 0.141 e. The van der Waals surface area contributed by atoms with Gasteiger partial charge in [0.25, 0.3) is 0 Å². The lowest BCUT2D eigenvalue weighted by molar-refractivity contribution is 0.0749. The van der Waals surface area contributed by atoms with E-state index >= 15 is 0 Å². The van der Waals surface area contributed by atoms with Gasteiger partial charge >= 0.3 is 0 Å². The Kier molecular flexibility index (Phi) is 9.81. The Hall–Kier alpha value is -7.88. The van der Waals surface area contributed by atoms with E-state index in [0.29, 0.717) is 27.8 Å². The molecule has 304 valence electrons. The molecular formula is C62H44O2. The summed E-state index contributed by atoms with van der Waals surface area (Å²) >= 11 is 0. The quantitative estimate of drug-likeness (QED) is 0.160. The molecular weight excluding hydrogens is 777 g/mol. The van der Waals surface area contributed by atoms with E-state index in [-0.39, 0.29) is 0 Å². The van der Waals surface area contributed by atoms with E-state index in [9.17, 15) is 10.2 Å². The zero-order valence-electron chi connectivity index (χ0n) is 35.1. The van der Waals surface area contributed by atoms with Crippen molar-refractivity contribution in [3.63, 3.8) is 0 Å². The minimum absolute atomic E-state index is 0.628. The molecule has 2 N–H and O–H groups in total. The smallest absolute Gasteiger partial charge is 0.141 e. The molecule has 2 atom stereocenters. The molecule has 0 heterocycles. The third kappa shape index (κ3) is 6.69. The highest BCUT2D eigenvalue weighted by atomic mass is 16.3. The molecule has 0 saturated heterocycles. The van der Waals surface area contributed by atoms with Gasteiger partial charge < -0.3 is 10.2 Å². The number of hydrogen-bond donors (Lipinski definition) is 2. The second-order valence-corrected chi connectivity index (χ2v) is 16.7. The molecule has 64 heavy (non-hydrogen) atoms. The Morgan fingerprint density at radius 2 is 0.516 bits per heavy atom. The molecule has 11 rings (SSSR count). The van der Waals surface area contributed by atoms with E-state index in [0.717, 1.165) is 72.3 Å². The van der Waals surface area contributed by atoms with E-state index in [1.165, 1.54) is 0 Å². The van der Waals surface area contributed by atoms with Crippen LogP contribution >= 0.6 is 0 Å². The third-order valence-corrected chi connectivity index (χ3v) is 13.0. The topological polar surface area (TPSA) is 40.5 Å². The predicted octanol–water partition coefficient (Wildman–Crippen LogP) is 14.6. The average Bonchev–Trinajstić information content (AvgIpc) is 3.39. The van der Waals surface area contributed by atoms with Crippen molar-refractivity contribution in [1.82, 2.24) is 0 Å². The van der Waals surface area contributed by atoms with Crippen LogP contribution in [0.5, 0.6) is 0 Å². The van der Waals surface area contributed by atoms with Crippen LogP contribution in [0.25, 0.3) is 66.8 Å². The molecule has 0 aliphatic heterocycles. The summed E-state index contributed by atoms with van der Waals surface area (Å²) in [6.07, 6.45) is 0. The molecule has 0 amide bonds. The molecule has 2 nitrogen and oxygen atoms in total. The van der Waals surface area contributed by atoms with Crippen LogP contribution < -0.4 is 0 Å². The largest absolute Gasteiger partial charge is 0.376 e. The van der Waals surface area contributed by atoms with Gasteiger partial charge in [0, 0.05) is 0 Å². The van der Waals surface area contributed by atoms with Crippen molar-refractivity contribution in [2.45, 2.75) is 11.2 Å². The van der Waals surface area contributed by atoms with E-state index in [4.69, 9.17) is 0 Å². The van der Waals surface area contributed by atoms with Gasteiger partial charge in [-0.25, -0.2) is 0 Å². The van der Waals surface area contributed by atoms with Crippen LogP contribution in [0.3, 0.4) is 0 Å². The van der Waals surface area contributed by atoms with Crippen molar-refractivity contribution in [3.05, 3.63) is 288 Å². The molecule has 0 saturated carbocycles. The summed E-state index contributed by atoms with van der Waals surface area (Å²) in [6, 6.07) is 87.3. The van der Waals surface area contributed by atoms with Crippen molar-refractivity contribution in [2.24, 2.45) is 0 Å². The van der Waals surface area contributed by atoms with E-state index in [1.54, 1.807) is 0 Å². The Labute approximate surface area is 374 Å². The molecule has 2 heteroatoms. The van der Waals surface area contributed by atoms with Crippen molar-refractivity contribution in [3.8, 4) is 66.8 Å². The van der Waals surface area contributed by atoms with Crippen LogP contribution in [-0.2, 0) is 11.2 Å². The number of rotatable bonds is 8. The number of aliphatic hydroxyl groups is 2. The van der Waals surface area contributed by atoms with Crippen LogP contribution in [0.2, 0.25) is 0 Å². The maximum absolute atomic E-state index is 13.9. The fourth-order valence-corrected chi connectivity index (χ4v) is 9.78. The molecule has 10 aromatic carbocycles. The molecule has 1 aliphatic carbocycles. The minimum Gasteiger partial charge on any atom is -0.376 e. The Balaban J connectivity index is 1.09. The number of hydrogen-bond acceptors (Lipinski definition) is 2. The normalized spacial score (nSPS) is 16.4. The van der Waals surface area contributed by atoms with Crippen LogP contribution in [0.15, 0.2) is 255 Å².